The van der Waals surface area contributed by atoms with Crippen molar-refractivity contribution in [1.82, 2.24) is 5.32 Å². The van der Waals surface area contributed by atoms with E-state index in [0.717, 1.165) is 103 Å². The molecule has 0 aromatic carbocycles. The van der Waals surface area contributed by atoms with Crippen LogP contribution < -0.4 is 5.32 Å². The minimum Gasteiger partial charge on any atom is -0.394 e. The van der Waals surface area contributed by atoms with Gasteiger partial charge in [0.25, 0.3) is 0 Å². The molecule has 0 radical (unpaired) electrons. The predicted molar refractivity (Wildman–Crippen MR) is 327 cm³/mol. The Kier molecular flexibility index (Phi) is 42.3. The lowest BCUT2D eigenvalue weighted by Crippen LogP contribution is -2.66. The van der Waals surface area contributed by atoms with E-state index in [0.29, 0.717) is 12.8 Å². The molecular formula is C66H109NO18. The maximum Gasteiger partial charge on any atom is 0.220 e. The molecule has 0 aromatic rings. The van der Waals surface area contributed by atoms with Crippen LogP contribution in [-0.2, 0) is 33.2 Å². The Morgan fingerprint density at radius 1 is 0.435 bits per heavy atom. The van der Waals surface area contributed by atoms with Gasteiger partial charge in [-0.2, -0.15) is 0 Å². The van der Waals surface area contributed by atoms with Gasteiger partial charge in [0.2, 0.25) is 5.91 Å². The molecule has 85 heavy (non-hydrogen) atoms. The van der Waals surface area contributed by atoms with E-state index >= 15 is 0 Å². The molecule has 3 rings (SSSR count). The lowest BCUT2D eigenvalue weighted by Gasteiger charge is -2.48. The molecule has 17 unspecified atom stereocenters. The van der Waals surface area contributed by atoms with Gasteiger partial charge in [-0.15, -0.1) is 0 Å². The van der Waals surface area contributed by atoms with Crippen LogP contribution in [0.25, 0.3) is 0 Å². The Morgan fingerprint density at radius 3 is 1.32 bits per heavy atom. The van der Waals surface area contributed by atoms with Crippen LogP contribution in [0.3, 0.4) is 0 Å². The van der Waals surface area contributed by atoms with Crippen LogP contribution in [-0.4, -0.2) is 193 Å². The first-order valence-corrected chi connectivity index (χ1v) is 31.6. The highest BCUT2D eigenvalue weighted by Gasteiger charge is 2.53. The zero-order valence-electron chi connectivity index (χ0n) is 50.8. The average molecular weight is 1200 g/mol. The van der Waals surface area contributed by atoms with Gasteiger partial charge in [-0.05, 0) is 96.3 Å². The van der Waals surface area contributed by atoms with Crippen molar-refractivity contribution in [2.24, 2.45) is 0 Å². The second-order valence-corrected chi connectivity index (χ2v) is 22.1. The fraction of sp³-hybridized carbons (Fsp3) is 0.712. The highest BCUT2D eigenvalue weighted by atomic mass is 16.8. The Balaban J connectivity index is 1.49. The minimum absolute atomic E-state index is 0.207. The maximum atomic E-state index is 13.4. The summed E-state index contributed by atoms with van der Waals surface area (Å²) < 4.78 is 34.2. The average Bonchev–Trinajstić information content (AvgIpc) is 3.63. The van der Waals surface area contributed by atoms with Crippen molar-refractivity contribution in [1.29, 1.82) is 0 Å². The summed E-state index contributed by atoms with van der Waals surface area (Å²) in [6.07, 6.45) is 34.9. The fourth-order valence-corrected chi connectivity index (χ4v) is 9.87. The van der Waals surface area contributed by atoms with Crippen molar-refractivity contribution >= 4 is 5.91 Å². The number of unbranched alkanes of at least 4 members (excludes halogenated alkanes) is 13. The number of carbonyl (C=O) groups is 1. The summed E-state index contributed by atoms with van der Waals surface area (Å²) in [6.45, 7) is 1.52. The summed E-state index contributed by atoms with van der Waals surface area (Å²) in [4.78, 5) is 13.4. The number of allylic oxidation sites excluding steroid dienone is 17. The number of nitrogens with one attached hydrogen (secondary N) is 1. The third kappa shape index (κ3) is 30.5. The van der Waals surface area contributed by atoms with Crippen molar-refractivity contribution in [3.8, 4) is 0 Å². The van der Waals surface area contributed by atoms with E-state index in [-0.39, 0.29) is 18.9 Å². The number of hydrogen-bond donors (Lipinski definition) is 12. The first-order valence-electron chi connectivity index (χ1n) is 31.6. The van der Waals surface area contributed by atoms with E-state index in [2.05, 4.69) is 116 Å². The molecule has 19 heteroatoms. The van der Waals surface area contributed by atoms with Crippen LogP contribution >= 0.6 is 0 Å². The molecule has 3 aliphatic heterocycles. The summed E-state index contributed by atoms with van der Waals surface area (Å²) in [5.74, 6) is -0.311. The third-order valence-electron chi connectivity index (χ3n) is 15.0. The van der Waals surface area contributed by atoms with Crippen LogP contribution in [0.15, 0.2) is 109 Å². The van der Waals surface area contributed by atoms with Gasteiger partial charge in [0, 0.05) is 6.42 Å². The second-order valence-electron chi connectivity index (χ2n) is 22.1. The van der Waals surface area contributed by atoms with E-state index in [1.807, 2.05) is 6.08 Å². The van der Waals surface area contributed by atoms with Crippen molar-refractivity contribution in [3.05, 3.63) is 109 Å². The summed E-state index contributed by atoms with van der Waals surface area (Å²) >= 11 is 0. The molecule has 3 heterocycles. The highest BCUT2D eigenvalue weighted by Crippen LogP contribution is 2.33. The van der Waals surface area contributed by atoms with E-state index in [4.69, 9.17) is 28.4 Å². The molecular weight excluding hydrogens is 1090 g/mol. The van der Waals surface area contributed by atoms with Crippen LogP contribution in [0.5, 0.6) is 0 Å². The first-order chi connectivity index (χ1) is 41.3. The number of amides is 1. The number of aliphatic hydroxyl groups excluding tert-OH is 11. The zero-order chi connectivity index (χ0) is 61.9. The summed E-state index contributed by atoms with van der Waals surface area (Å²) in [6, 6.07) is -1.01. The van der Waals surface area contributed by atoms with E-state index in [9.17, 15) is 61.0 Å². The largest absolute Gasteiger partial charge is 0.394 e. The van der Waals surface area contributed by atoms with Crippen LogP contribution in [0.2, 0.25) is 0 Å². The Morgan fingerprint density at radius 2 is 0.824 bits per heavy atom. The Labute approximate surface area is 506 Å². The third-order valence-corrected chi connectivity index (χ3v) is 15.0. The number of rotatable bonds is 45. The highest BCUT2D eigenvalue weighted by molar-refractivity contribution is 5.76. The molecule has 17 atom stereocenters. The normalized spacial score (nSPS) is 29.7. The molecule has 3 fully saturated rings. The lowest BCUT2D eigenvalue weighted by molar-refractivity contribution is -0.379. The number of aliphatic hydroxyl groups is 11. The molecule has 0 aromatic heterocycles. The molecule has 0 bridgehead atoms. The molecule has 3 saturated heterocycles. The number of hydrogen-bond acceptors (Lipinski definition) is 18. The minimum atomic E-state index is -1.99. The monoisotopic (exact) mass is 1200 g/mol. The summed E-state index contributed by atoms with van der Waals surface area (Å²) in [5.41, 5.74) is 0. The topological polar surface area (TPSA) is 307 Å². The van der Waals surface area contributed by atoms with Crippen molar-refractivity contribution in [3.63, 3.8) is 0 Å². The van der Waals surface area contributed by atoms with Crippen molar-refractivity contribution in [2.45, 2.75) is 272 Å². The molecule has 0 saturated carbocycles. The SMILES string of the molecule is CC/C=C\C/C=C\C/C=C\C/C=C\C/C=C\C/C=C\CCCCCCCCC(=O)NC(COC1OC(CO)C(OC2OC(CO)C(OC3OC(CO)C(O)C(O)C3O)C(O)C2O)C(O)C1O)C(O)/C=C/CC/C=C/CC/C=C/CCCCCCC. The quantitative estimate of drug-likeness (QED) is 0.0223. The van der Waals surface area contributed by atoms with Gasteiger partial charge < -0.3 is 89.9 Å². The molecule has 3 aliphatic rings. The number of ether oxygens (including phenoxy) is 6. The van der Waals surface area contributed by atoms with Crippen LogP contribution in [0.4, 0.5) is 0 Å². The summed E-state index contributed by atoms with van der Waals surface area (Å²) in [5, 5.41) is 120. The van der Waals surface area contributed by atoms with Crippen molar-refractivity contribution < 1.29 is 89.4 Å². The Bertz CT molecular complexity index is 1970. The molecule has 0 aliphatic carbocycles. The van der Waals surface area contributed by atoms with E-state index in [1.165, 1.54) is 32.1 Å². The summed E-state index contributed by atoms with van der Waals surface area (Å²) in [7, 11) is 0. The van der Waals surface area contributed by atoms with Crippen LogP contribution in [0.1, 0.15) is 168 Å². The molecule has 12 N–H and O–H groups in total. The fourth-order valence-electron chi connectivity index (χ4n) is 9.87. The second kappa shape index (κ2) is 47.5. The Hall–Kier alpha value is -3.55. The molecule has 0 spiro atoms. The lowest BCUT2D eigenvalue weighted by atomic mass is 9.96. The molecule has 19 nitrogen and oxygen atoms in total. The van der Waals surface area contributed by atoms with Gasteiger partial charge >= 0.3 is 0 Å². The molecule has 1 amide bonds. The van der Waals surface area contributed by atoms with Gasteiger partial charge in [0.05, 0.1) is 38.6 Å². The van der Waals surface area contributed by atoms with Gasteiger partial charge in [0.15, 0.2) is 18.9 Å². The maximum absolute atomic E-state index is 13.4. The first kappa shape index (κ1) is 75.7. The van der Waals surface area contributed by atoms with Gasteiger partial charge in [-0.1, -0.05) is 175 Å². The standard InChI is InChI=1S/C66H109NO18/c1-3-5-7-9-11-13-15-17-19-20-21-22-23-24-25-26-27-28-30-32-34-36-38-40-42-44-54(72)67-49(50(71)43-41-39-37-35-33-31-29-18-16-14-12-10-8-6-4-2)48-80-64-60(78)57(75)62(52(46-69)82-64)85-66-61(79)58(76)63(53(47-70)83-66)84-65-59(77)56(74)55(73)51(45-68)81-65/h5,7,11,13,16-19,21-22,24-25,27-28,33,35,41,43,49-53,55-66,68-71,73-79H,3-4,6,8-10,12,14-15,20,23,26,29-32,34,36-40,42,44-48H2,1-2H3,(H,67,72)/b7-5-,13-11-,18-16+,19-17-,22-21-,25-24-,28-27-,35-33+,43-41+. The van der Waals surface area contributed by atoms with Gasteiger partial charge in [-0.25, -0.2) is 0 Å². The van der Waals surface area contributed by atoms with Gasteiger partial charge in [-0.3, -0.25) is 4.79 Å². The predicted octanol–water partition coefficient (Wildman–Crippen LogP) is 6.71. The van der Waals surface area contributed by atoms with Crippen molar-refractivity contribution in [2.75, 3.05) is 26.4 Å². The van der Waals surface area contributed by atoms with E-state index in [1.54, 1.807) is 6.08 Å². The number of carbonyl (C=O) groups excluding carboxylic acids is 1. The van der Waals surface area contributed by atoms with Gasteiger partial charge in [0.1, 0.15) is 73.2 Å². The molecule has 486 valence electrons. The smallest absolute Gasteiger partial charge is 0.220 e. The van der Waals surface area contributed by atoms with Crippen LogP contribution in [0, 0.1) is 0 Å². The van der Waals surface area contributed by atoms with E-state index < -0.39 is 124 Å². The zero-order valence-corrected chi connectivity index (χ0v) is 50.8.